The minimum Gasteiger partial charge on any atom is -0.461 e. The number of likely N-dealkylation sites (tertiary alicyclic amines) is 1. The first-order valence-corrected chi connectivity index (χ1v) is 16.2. The molecule has 4 N–H and O–H groups in total. The molecule has 0 saturated carbocycles. The lowest BCUT2D eigenvalue weighted by molar-refractivity contribution is -0.146. The van der Waals surface area contributed by atoms with E-state index in [1.54, 1.807) is 30.3 Å². The van der Waals surface area contributed by atoms with E-state index in [0.29, 0.717) is 42.8 Å². The molecule has 5 rings (SSSR count). The van der Waals surface area contributed by atoms with Gasteiger partial charge in [-0.15, -0.1) is 0 Å². The van der Waals surface area contributed by atoms with Crippen LogP contribution in [0.25, 0.3) is 11.1 Å². The number of benzene rings is 4. The Morgan fingerprint density at radius 3 is 1.76 bits per heavy atom. The van der Waals surface area contributed by atoms with Crippen molar-refractivity contribution >= 4 is 27.8 Å². The lowest BCUT2D eigenvalue weighted by Crippen LogP contribution is -2.39. The van der Waals surface area contributed by atoms with Crippen molar-refractivity contribution in [2.75, 3.05) is 13.1 Å². The zero-order chi connectivity index (χ0) is 32.2. The van der Waals surface area contributed by atoms with Crippen molar-refractivity contribution in [1.29, 1.82) is 5.41 Å². The molecule has 4 aromatic carbocycles. The number of piperidine rings is 1. The van der Waals surface area contributed by atoms with Crippen LogP contribution in [-0.2, 0) is 32.0 Å². The van der Waals surface area contributed by atoms with Gasteiger partial charge < -0.3 is 15.4 Å². The smallest absolute Gasteiger partial charge is 0.306 e. The van der Waals surface area contributed by atoms with Crippen molar-refractivity contribution < 1.29 is 27.3 Å². The van der Waals surface area contributed by atoms with Crippen molar-refractivity contribution in [3.8, 4) is 11.1 Å². The fraction of sp³-hybridized carbons (Fsp3) is 0.229. The monoisotopic (exact) mass is 627 g/mol. The van der Waals surface area contributed by atoms with Gasteiger partial charge in [0.15, 0.2) is 0 Å². The van der Waals surface area contributed by atoms with Crippen molar-refractivity contribution in [2.24, 2.45) is 11.7 Å². The van der Waals surface area contributed by atoms with E-state index in [4.69, 9.17) is 20.4 Å². The summed E-state index contributed by atoms with van der Waals surface area (Å²) in [5.41, 5.74) is 10.4. The van der Waals surface area contributed by atoms with Crippen LogP contribution in [0.4, 0.5) is 0 Å². The number of hydrogen-bond acceptors (Lipinski definition) is 6. The van der Waals surface area contributed by atoms with Gasteiger partial charge in [0.25, 0.3) is 16.0 Å². The number of esters is 1. The molecular formula is C35H37N3O6S. The molecule has 10 heteroatoms. The summed E-state index contributed by atoms with van der Waals surface area (Å²) in [7, 11) is -3.88. The first-order chi connectivity index (χ1) is 21.6. The summed E-state index contributed by atoms with van der Waals surface area (Å²) in [4.78, 5) is 27.0. The maximum atomic E-state index is 13.0. The predicted molar refractivity (Wildman–Crippen MR) is 174 cm³/mol. The third-order valence-electron chi connectivity index (χ3n) is 7.45. The second kappa shape index (κ2) is 15.8. The van der Waals surface area contributed by atoms with Crippen LogP contribution in [-0.4, -0.2) is 48.7 Å². The molecule has 0 radical (unpaired) electrons. The first kappa shape index (κ1) is 33.1. The number of amidine groups is 1. The van der Waals surface area contributed by atoms with Gasteiger partial charge in [0.1, 0.15) is 18.2 Å². The second-order valence-corrected chi connectivity index (χ2v) is 12.3. The topological polar surface area (TPSA) is 151 Å². The molecule has 1 aliphatic heterocycles. The second-order valence-electron chi connectivity index (χ2n) is 10.9. The van der Waals surface area contributed by atoms with Gasteiger partial charge in [-0.3, -0.25) is 19.6 Å². The number of nitrogen functional groups attached to an aromatic ring is 1. The maximum absolute atomic E-state index is 13.0. The molecule has 1 aliphatic rings. The minimum atomic E-state index is -3.88. The predicted octanol–water partition coefficient (Wildman–Crippen LogP) is 5.70. The largest absolute Gasteiger partial charge is 0.461 e. The van der Waals surface area contributed by atoms with Crippen LogP contribution in [0.3, 0.4) is 0 Å². The molecule has 1 amide bonds. The van der Waals surface area contributed by atoms with E-state index in [2.05, 4.69) is 0 Å². The number of hydrogen-bond donors (Lipinski definition) is 3. The van der Waals surface area contributed by atoms with Gasteiger partial charge in [-0.2, -0.15) is 8.42 Å². The molecule has 0 aromatic heterocycles. The molecule has 1 fully saturated rings. The van der Waals surface area contributed by atoms with Crippen LogP contribution in [0.2, 0.25) is 0 Å². The molecule has 45 heavy (non-hydrogen) atoms. The fourth-order valence-electron chi connectivity index (χ4n) is 4.99. The van der Waals surface area contributed by atoms with Crippen LogP contribution in [0, 0.1) is 11.3 Å². The SMILES string of the molecule is N=C(N)c1ccc(-c2ccc(C(=O)N3CCC(CC(=O)OCc4ccccc4)CC3)cc2)cc1.O=S(=O)(O)Cc1ccccc1. The Morgan fingerprint density at radius 2 is 1.27 bits per heavy atom. The van der Waals surface area contributed by atoms with E-state index >= 15 is 0 Å². The lowest BCUT2D eigenvalue weighted by atomic mass is 9.93. The molecule has 234 valence electrons. The first-order valence-electron chi connectivity index (χ1n) is 14.6. The number of ether oxygens (including phenoxy) is 1. The zero-order valence-electron chi connectivity index (χ0n) is 24.8. The van der Waals surface area contributed by atoms with E-state index in [9.17, 15) is 18.0 Å². The Labute approximate surface area is 263 Å². The molecule has 9 nitrogen and oxygen atoms in total. The summed E-state index contributed by atoms with van der Waals surface area (Å²) in [6, 6.07) is 33.2. The van der Waals surface area contributed by atoms with Crippen molar-refractivity contribution in [1.82, 2.24) is 4.90 Å². The summed E-state index contributed by atoms with van der Waals surface area (Å²) in [5, 5.41) is 7.49. The van der Waals surface area contributed by atoms with Crippen LogP contribution >= 0.6 is 0 Å². The Kier molecular flexibility index (Phi) is 11.6. The van der Waals surface area contributed by atoms with Gasteiger partial charge >= 0.3 is 5.97 Å². The maximum Gasteiger partial charge on any atom is 0.306 e. The van der Waals surface area contributed by atoms with Gasteiger partial charge in [-0.05, 0) is 53.1 Å². The molecule has 0 bridgehead atoms. The van der Waals surface area contributed by atoms with Crippen LogP contribution < -0.4 is 5.73 Å². The minimum absolute atomic E-state index is 0.0172. The normalized spacial score (nSPS) is 13.3. The number of nitrogens with zero attached hydrogens (tertiary/aromatic N) is 1. The summed E-state index contributed by atoms with van der Waals surface area (Å²) in [6.45, 7) is 1.58. The Bertz CT molecular complexity index is 1670. The third-order valence-corrected chi connectivity index (χ3v) is 8.15. The van der Waals surface area contributed by atoms with Gasteiger partial charge in [0, 0.05) is 30.6 Å². The Hall–Kier alpha value is -4.80. The van der Waals surface area contributed by atoms with E-state index in [1.807, 2.05) is 83.8 Å². The number of carbonyl (C=O) groups is 2. The van der Waals surface area contributed by atoms with Crippen LogP contribution in [0.1, 0.15) is 46.3 Å². The average molecular weight is 628 g/mol. The molecule has 0 spiro atoms. The van der Waals surface area contributed by atoms with E-state index in [-0.39, 0.29) is 29.4 Å². The van der Waals surface area contributed by atoms with Crippen LogP contribution in [0.15, 0.2) is 109 Å². The lowest BCUT2D eigenvalue weighted by Gasteiger charge is -2.31. The fourth-order valence-corrected chi connectivity index (χ4v) is 5.60. The highest BCUT2D eigenvalue weighted by Crippen LogP contribution is 2.24. The van der Waals surface area contributed by atoms with E-state index in [0.717, 1.165) is 29.5 Å². The molecule has 0 aliphatic carbocycles. The summed E-state index contributed by atoms with van der Waals surface area (Å²) in [6.07, 6.45) is 1.99. The van der Waals surface area contributed by atoms with Gasteiger partial charge in [0.05, 0.1) is 0 Å². The molecular weight excluding hydrogens is 590 g/mol. The van der Waals surface area contributed by atoms with Gasteiger partial charge in [0.2, 0.25) is 0 Å². The summed E-state index contributed by atoms with van der Waals surface area (Å²) < 4.78 is 34.6. The highest BCUT2D eigenvalue weighted by molar-refractivity contribution is 7.85. The molecule has 1 saturated heterocycles. The standard InChI is InChI=1S/C28H29N3O3.C7H8O3S/c29-27(30)24-10-6-22(7-11-24)23-8-12-25(13-9-23)28(33)31-16-14-20(15-17-31)18-26(32)34-19-21-4-2-1-3-5-21;8-11(9,10)6-7-4-2-1-3-5-7/h1-13,20H,14-19H2,(H3,29,30);1-5H,6H2,(H,8,9,10). The highest BCUT2D eigenvalue weighted by atomic mass is 32.2. The van der Waals surface area contributed by atoms with Crippen LogP contribution in [0.5, 0.6) is 0 Å². The van der Waals surface area contributed by atoms with Crippen molar-refractivity contribution in [3.05, 3.63) is 131 Å². The quantitative estimate of drug-likeness (QED) is 0.0932. The molecule has 0 unspecified atom stereocenters. The number of amides is 1. The number of nitrogens with one attached hydrogen (secondary N) is 1. The summed E-state index contributed by atoms with van der Waals surface area (Å²) in [5.74, 6) is -0.189. The van der Waals surface area contributed by atoms with Crippen molar-refractivity contribution in [3.63, 3.8) is 0 Å². The number of nitrogens with two attached hydrogens (primary N) is 1. The van der Waals surface area contributed by atoms with Crippen molar-refractivity contribution in [2.45, 2.75) is 31.6 Å². The Balaban J connectivity index is 0.000000354. The van der Waals surface area contributed by atoms with Gasteiger partial charge in [-0.25, -0.2) is 0 Å². The third kappa shape index (κ3) is 10.7. The summed E-state index contributed by atoms with van der Waals surface area (Å²) >= 11 is 0. The average Bonchev–Trinajstić information content (AvgIpc) is 3.04. The molecule has 0 atom stereocenters. The van der Waals surface area contributed by atoms with E-state index in [1.165, 1.54) is 0 Å². The molecule has 4 aromatic rings. The zero-order valence-corrected chi connectivity index (χ0v) is 25.7. The highest BCUT2D eigenvalue weighted by Gasteiger charge is 2.25. The van der Waals surface area contributed by atoms with Gasteiger partial charge in [-0.1, -0.05) is 97.1 Å². The Morgan fingerprint density at radius 1 is 0.778 bits per heavy atom. The van der Waals surface area contributed by atoms with E-state index < -0.39 is 10.1 Å². The number of carbonyl (C=O) groups excluding carboxylic acids is 2. The molecule has 1 heterocycles. The number of rotatable bonds is 9.